The third-order valence-corrected chi connectivity index (χ3v) is 3.41. The van der Waals surface area contributed by atoms with E-state index in [4.69, 9.17) is 11.5 Å². The third kappa shape index (κ3) is 3.44. The lowest BCUT2D eigenvalue weighted by molar-refractivity contribution is -0.111. The fraction of sp³-hybridized carbons (Fsp3) is 0. The number of hydrogen-bond donors (Lipinski definition) is 4. The van der Waals surface area contributed by atoms with Crippen LogP contribution in [-0.4, -0.2) is 16.6 Å². The molecule has 1 aliphatic carbocycles. The topological polar surface area (TPSA) is 114 Å². The van der Waals surface area contributed by atoms with E-state index < -0.39 is 0 Å². The second kappa shape index (κ2) is 6.29. The molecule has 6 nitrogen and oxygen atoms in total. The zero-order valence-corrected chi connectivity index (χ0v) is 12.7. The van der Waals surface area contributed by atoms with Crippen molar-refractivity contribution in [2.75, 3.05) is 16.8 Å². The minimum atomic E-state index is -0.333. The van der Waals surface area contributed by atoms with E-state index in [9.17, 15) is 9.90 Å². The maximum Gasteiger partial charge on any atom is 0.205 e. The SMILES string of the molecule is Nc1ccc(N=C2C=C(Nc3ccc(N)cc3)C(=O)C=C2O)cc1. The highest BCUT2D eigenvalue weighted by atomic mass is 16.3. The summed E-state index contributed by atoms with van der Waals surface area (Å²) in [5.41, 5.74) is 14.5. The Morgan fingerprint density at radius 2 is 1.46 bits per heavy atom. The van der Waals surface area contributed by atoms with Crippen LogP contribution in [0.1, 0.15) is 0 Å². The average molecular weight is 320 g/mol. The largest absolute Gasteiger partial charge is 0.506 e. The van der Waals surface area contributed by atoms with E-state index in [-0.39, 0.29) is 17.3 Å². The summed E-state index contributed by atoms with van der Waals surface area (Å²) in [6.07, 6.45) is 2.64. The highest BCUT2D eigenvalue weighted by Gasteiger charge is 2.18. The van der Waals surface area contributed by atoms with Gasteiger partial charge in [0.1, 0.15) is 11.5 Å². The lowest BCUT2D eigenvalue weighted by atomic mass is 10.1. The molecule has 0 unspecified atom stereocenters. The predicted molar refractivity (Wildman–Crippen MR) is 96.2 cm³/mol. The number of allylic oxidation sites excluding steroid dienone is 2. The van der Waals surface area contributed by atoms with Gasteiger partial charge in [-0.2, -0.15) is 0 Å². The smallest absolute Gasteiger partial charge is 0.205 e. The molecule has 120 valence electrons. The Kier molecular flexibility index (Phi) is 4.03. The van der Waals surface area contributed by atoms with Crippen LogP contribution in [0.3, 0.4) is 0 Å². The Bertz CT molecular complexity index is 863. The molecule has 2 aromatic rings. The molecule has 24 heavy (non-hydrogen) atoms. The highest BCUT2D eigenvalue weighted by molar-refractivity contribution is 6.22. The predicted octanol–water partition coefficient (Wildman–Crippen LogP) is 2.94. The van der Waals surface area contributed by atoms with Gasteiger partial charge in [0.2, 0.25) is 5.78 Å². The Morgan fingerprint density at radius 3 is 2.08 bits per heavy atom. The van der Waals surface area contributed by atoms with E-state index in [1.54, 1.807) is 48.5 Å². The quantitative estimate of drug-likeness (QED) is 0.513. The van der Waals surface area contributed by atoms with Gasteiger partial charge in [-0.05, 0) is 54.6 Å². The molecular formula is C18H16N4O2. The second-order valence-electron chi connectivity index (χ2n) is 5.29. The van der Waals surface area contributed by atoms with Crippen molar-refractivity contribution in [2.24, 2.45) is 4.99 Å². The van der Waals surface area contributed by atoms with Crippen LogP contribution in [0.15, 0.2) is 77.1 Å². The number of nitrogen functional groups attached to an aromatic ring is 2. The van der Waals surface area contributed by atoms with E-state index in [2.05, 4.69) is 10.3 Å². The summed E-state index contributed by atoms with van der Waals surface area (Å²) < 4.78 is 0. The maximum absolute atomic E-state index is 12.1. The minimum Gasteiger partial charge on any atom is -0.506 e. The summed E-state index contributed by atoms with van der Waals surface area (Å²) >= 11 is 0. The first-order chi connectivity index (χ1) is 11.5. The molecule has 0 fully saturated rings. The van der Waals surface area contributed by atoms with Gasteiger partial charge in [0.15, 0.2) is 0 Å². The van der Waals surface area contributed by atoms with Crippen molar-refractivity contribution in [3.05, 3.63) is 72.1 Å². The number of nitrogens with zero attached hydrogens (tertiary/aromatic N) is 1. The number of nitrogens with two attached hydrogens (primary N) is 2. The van der Waals surface area contributed by atoms with Gasteiger partial charge in [-0.3, -0.25) is 4.79 Å². The van der Waals surface area contributed by atoms with Gasteiger partial charge in [-0.25, -0.2) is 4.99 Å². The van der Waals surface area contributed by atoms with Crippen molar-refractivity contribution in [3.63, 3.8) is 0 Å². The van der Waals surface area contributed by atoms with Gasteiger partial charge in [0, 0.05) is 23.1 Å². The second-order valence-corrected chi connectivity index (χ2v) is 5.29. The molecule has 0 saturated carbocycles. The summed E-state index contributed by atoms with van der Waals surface area (Å²) in [6.45, 7) is 0. The molecule has 0 bridgehead atoms. The van der Waals surface area contributed by atoms with Crippen LogP contribution < -0.4 is 16.8 Å². The van der Waals surface area contributed by atoms with Crippen LogP contribution >= 0.6 is 0 Å². The van der Waals surface area contributed by atoms with Crippen molar-refractivity contribution in [3.8, 4) is 0 Å². The molecule has 0 atom stereocenters. The van der Waals surface area contributed by atoms with Gasteiger partial charge < -0.3 is 21.9 Å². The fourth-order valence-corrected chi connectivity index (χ4v) is 2.15. The highest BCUT2D eigenvalue weighted by Crippen LogP contribution is 2.20. The third-order valence-electron chi connectivity index (χ3n) is 3.41. The van der Waals surface area contributed by atoms with E-state index in [1.165, 1.54) is 6.08 Å². The molecule has 0 saturated heterocycles. The monoisotopic (exact) mass is 320 g/mol. The Balaban J connectivity index is 1.90. The van der Waals surface area contributed by atoms with Gasteiger partial charge in [-0.1, -0.05) is 0 Å². The van der Waals surface area contributed by atoms with Gasteiger partial charge in [-0.15, -0.1) is 0 Å². The summed E-state index contributed by atoms with van der Waals surface area (Å²) in [4.78, 5) is 16.4. The first-order valence-corrected chi connectivity index (χ1v) is 7.25. The summed E-state index contributed by atoms with van der Waals surface area (Å²) in [6, 6.07) is 13.9. The number of aliphatic hydroxyl groups excluding tert-OH is 1. The average Bonchev–Trinajstić information content (AvgIpc) is 2.56. The lowest BCUT2D eigenvalue weighted by Gasteiger charge is -2.14. The molecule has 1 aliphatic rings. The number of benzene rings is 2. The van der Waals surface area contributed by atoms with Crippen molar-refractivity contribution in [2.45, 2.75) is 0 Å². The Labute approximate surface area is 138 Å². The first kappa shape index (κ1) is 15.4. The van der Waals surface area contributed by atoms with Crippen molar-refractivity contribution in [1.82, 2.24) is 0 Å². The Hall–Kier alpha value is -3.54. The number of anilines is 3. The van der Waals surface area contributed by atoms with E-state index >= 15 is 0 Å². The summed E-state index contributed by atoms with van der Waals surface area (Å²) in [5, 5.41) is 13.0. The number of nitrogens with one attached hydrogen (secondary N) is 1. The minimum absolute atomic E-state index is 0.181. The molecule has 2 aromatic carbocycles. The summed E-state index contributed by atoms with van der Waals surface area (Å²) in [7, 11) is 0. The van der Waals surface area contributed by atoms with Gasteiger partial charge in [0.25, 0.3) is 0 Å². The molecule has 6 heteroatoms. The number of aliphatic hydroxyl groups is 1. The van der Waals surface area contributed by atoms with Gasteiger partial charge in [0.05, 0.1) is 11.4 Å². The molecule has 0 radical (unpaired) electrons. The molecule has 0 heterocycles. The molecular weight excluding hydrogens is 304 g/mol. The van der Waals surface area contributed by atoms with Crippen LogP contribution in [-0.2, 0) is 4.79 Å². The van der Waals surface area contributed by atoms with E-state index in [0.29, 0.717) is 28.4 Å². The number of carbonyl (C=O) groups is 1. The van der Waals surface area contributed by atoms with E-state index in [0.717, 1.165) is 6.08 Å². The fourth-order valence-electron chi connectivity index (χ4n) is 2.15. The summed E-state index contributed by atoms with van der Waals surface area (Å²) in [5.74, 6) is -0.514. The Morgan fingerprint density at radius 1 is 0.875 bits per heavy atom. The van der Waals surface area contributed by atoms with E-state index in [1.807, 2.05) is 0 Å². The maximum atomic E-state index is 12.1. The zero-order valence-electron chi connectivity index (χ0n) is 12.7. The molecule has 3 rings (SSSR count). The van der Waals surface area contributed by atoms with Gasteiger partial charge >= 0.3 is 0 Å². The van der Waals surface area contributed by atoms with Crippen LogP contribution in [0.25, 0.3) is 0 Å². The number of carbonyl (C=O) groups excluding carboxylic acids is 1. The molecule has 6 N–H and O–H groups in total. The zero-order chi connectivity index (χ0) is 17.1. The number of rotatable bonds is 3. The van der Waals surface area contributed by atoms with Crippen LogP contribution in [0.2, 0.25) is 0 Å². The first-order valence-electron chi connectivity index (χ1n) is 7.25. The molecule has 0 spiro atoms. The van der Waals surface area contributed by atoms with Crippen LogP contribution in [0, 0.1) is 0 Å². The van der Waals surface area contributed by atoms with Crippen molar-refractivity contribution >= 4 is 34.2 Å². The number of ketones is 1. The number of hydrogen-bond acceptors (Lipinski definition) is 6. The number of aliphatic imine (C=N–C) groups is 1. The normalized spacial score (nSPS) is 15.8. The standard InChI is InChI=1S/C18H16N4O2/c19-11-1-5-13(6-2-11)21-15-9-16(18(24)10-17(15)23)22-14-7-3-12(20)4-8-14/h1-10,21,24H,19-20H2. The molecule has 0 amide bonds. The lowest BCUT2D eigenvalue weighted by Crippen LogP contribution is -2.18. The molecule has 0 aliphatic heterocycles. The van der Waals surface area contributed by atoms with Crippen molar-refractivity contribution in [1.29, 1.82) is 0 Å². The molecule has 0 aromatic heterocycles. The van der Waals surface area contributed by atoms with Crippen LogP contribution in [0.5, 0.6) is 0 Å². The van der Waals surface area contributed by atoms with Crippen molar-refractivity contribution < 1.29 is 9.90 Å². The van der Waals surface area contributed by atoms with Crippen LogP contribution in [0.4, 0.5) is 22.7 Å².